The molecule has 0 saturated carbocycles. The van der Waals surface area contributed by atoms with Gasteiger partial charge in [-0.25, -0.2) is 5.43 Å². The third kappa shape index (κ3) is 6.23. The number of nitrogens with one attached hydrogen (secondary N) is 2. The molecule has 3 aromatic rings. The molecular weight excluding hydrogens is 498 g/mol. The van der Waals surface area contributed by atoms with Gasteiger partial charge in [-0.2, -0.15) is 5.10 Å². The van der Waals surface area contributed by atoms with Gasteiger partial charge < -0.3 is 15.2 Å². The molecule has 0 radical (unpaired) electrons. The average molecular weight is 524 g/mol. The number of anilines is 1. The third-order valence-corrected chi connectivity index (χ3v) is 5.67. The van der Waals surface area contributed by atoms with Gasteiger partial charge in [0.1, 0.15) is 0 Å². The lowest BCUT2D eigenvalue weighted by Crippen LogP contribution is -2.18. The Labute approximate surface area is 207 Å². The molecule has 0 aliphatic rings. The van der Waals surface area contributed by atoms with Crippen molar-refractivity contribution in [3.8, 4) is 11.5 Å². The predicted molar refractivity (Wildman–Crippen MR) is 137 cm³/mol. The minimum Gasteiger partial charge on any atom is -0.503 e. The van der Waals surface area contributed by atoms with E-state index >= 15 is 0 Å². The molecule has 3 aromatic carbocycles. The minimum atomic E-state index is -0.406. The first kappa shape index (κ1) is 25.0. The molecule has 176 valence electrons. The van der Waals surface area contributed by atoms with E-state index < -0.39 is 5.91 Å². The summed E-state index contributed by atoms with van der Waals surface area (Å²) < 4.78 is 5.54. The number of nitrogens with zero attached hydrogens (tertiary/aromatic N) is 1. The van der Waals surface area contributed by atoms with Crippen molar-refractivity contribution >= 4 is 39.6 Å². The third-order valence-electron chi connectivity index (χ3n) is 5.07. The van der Waals surface area contributed by atoms with E-state index in [0.717, 1.165) is 5.56 Å². The second-order valence-corrected chi connectivity index (χ2v) is 9.47. The van der Waals surface area contributed by atoms with Gasteiger partial charge in [0, 0.05) is 16.8 Å². The fraction of sp³-hybridized carbons (Fsp3) is 0.192. The van der Waals surface area contributed by atoms with Gasteiger partial charge in [-0.05, 0) is 81.0 Å². The molecule has 0 spiro atoms. The zero-order valence-electron chi connectivity index (χ0n) is 19.3. The SMILES string of the molecule is COc1cc(/C=N/NC(=O)c2ccc(NC(=O)c3ccc(C(C)(C)C)cc3)cc2)cc(Br)c1O. The summed E-state index contributed by atoms with van der Waals surface area (Å²) in [4.78, 5) is 24.9. The highest BCUT2D eigenvalue weighted by Gasteiger charge is 2.14. The van der Waals surface area contributed by atoms with Gasteiger partial charge in [0.2, 0.25) is 0 Å². The number of rotatable bonds is 6. The molecule has 34 heavy (non-hydrogen) atoms. The lowest BCUT2D eigenvalue weighted by Gasteiger charge is -2.19. The quantitative estimate of drug-likeness (QED) is 0.294. The van der Waals surface area contributed by atoms with E-state index in [9.17, 15) is 14.7 Å². The summed E-state index contributed by atoms with van der Waals surface area (Å²) in [6, 6.07) is 17.3. The van der Waals surface area contributed by atoms with Gasteiger partial charge in [0.25, 0.3) is 11.8 Å². The van der Waals surface area contributed by atoms with Gasteiger partial charge in [0.15, 0.2) is 11.5 Å². The molecule has 0 saturated heterocycles. The van der Waals surface area contributed by atoms with Crippen LogP contribution in [0.2, 0.25) is 0 Å². The number of hydrogen-bond acceptors (Lipinski definition) is 5. The molecular formula is C26H26BrN3O4. The zero-order chi connectivity index (χ0) is 24.9. The summed E-state index contributed by atoms with van der Waals surface area (Å²) in [7, 11) is 1.44. The van der Waals surface area contributed by atoms with Crippen LogP contribution in [0.5, 0.6) is 11.5 Å². The van der Waals surface area contributed by atoms with Crippen molar-refractivity contribution in [1.82, 2.24) is 5.43 Å². The molecule has 8 heteroatoms. The van der Waals surface area contributed by atoms with Crippen molar-refractivity contribution in [2.24, 2.45) is 5.10 Å². The van der Waals surface area contributed by atoms with Gasteiger partial charge in [-0.15, -0.1) is 0 Å². The van der Waals surface area contributed by atoms with Crippen LogP contribution in [0.15, 0.2) is 70.2 Å². The molecule has 2 amide bonds. The normalized spacial score (nSPS) is 11.3. The summed E-state index contributed by atoms with van der Waals surface area (Å²) in [5.74, 6) is -0.364. The molecule has 7 nitrogen and oxygen atoms in total. The van der Waals surface area contributed by atoms with E-state index in [1.54, 1.807) is 48.5 Å². The Morgan fingerprint density at radius 1 is 0.971 bits per heavy atom. The molecule has 0 aliphatic carbocycles. The monoisotopic (exact) mass is 523 g/mol. The van der Waals surface area contributed by atoms with Crippen LogP contribution in [-0.4, -0.2) is 30.2 Å². The van der Waals surface area contributed by atoms with Crippen molar-refractivity contribution in [3.05, 3.63) is 87.4 Å². The molecule has 0 aromatic heterocycles. The fourth-order valence-corrected chi connectivity index (χ4v) is 3.54. The molecule has 0 heterocycles. The number of phenolic OH excluding ortho intramolecular Hbond substituents is 1. The number of aromatic hydroxyl groups is 1. The van der Waals surface area contributed by atoms with E-state index in [2.05, 4.69) is 52.5 Å². The maximum Gasteiger partial charge on any atom is 0.271 e. The number of methoxy groups -OCH3 is 1. The number of hydrazone groups is 1. The number of amides is 2. The summed E-state index contributed by atoms with van der Waals surface area (Å²) in [6.07, 6.45) is 1.43. The average Bonchev–Trinajstić information content (AvgIpc) is 2.81. The van der Waals surface area contributed by atoms with Crippen molar-refractivity contribution in [3.63, 3.8) is 0 Å². The highest BCUT2D eigenvalue weighted by atomic mass is 79.9. The van der Waals surface area contributed by atoms with E-state index in [-0.39, 0.29) is 22.8 Å². The van der Waals surface area contributed by atoms with Crippen LogP contribution in [0, 0.1) is 0 Å². The number of carbonyl (C=O) groups is 2. The Kier molecular flexibility index (Phi) is 7.73. The molecule has 3 N–H and O–H groups in total. The second-order valence-electron chi connectivity index (χ2n) is 8.61. The summed E-state index contributed by atoms with van der Waals surface area (Å²) in [5.41, 5.74) is 5.75. The smallest absolute Gasteiger partial charge is 0.271 e. The number of halogens is 1. The summed E-state index contributed by atoms with van der Waals surface area (Å²) in [5, 5.41) is 16.6. The van der Waals surface area contributed by atoms with Gasteiger partial charge >= 0.3 is 0 Å². The highest BCUT2D eigenvalue weighted by molar-refractivity contribution is 9.10. The number of ether oxygens (including phenoxy) is 1. The molecule has 0 fully saturated rings. The number of benzene rings is 3. The van der Waals surface area contributed by atoms with Crippen molar-refractivity contribution in [1.29, 1.82) is 0 Å². The molecule has 0 bridgehead atoms. The van der Waals surface area contributed by atoms with Crippen molar-refractivity contribution < 1.29 is 19.4 Å². The predicted octanol–water partition coefficient (Wildman–Crippen LogP) is 5.48. The Balaban J connectivity index is 1.59. The lowest BCUT2D eigenvalue weighted by molar-refractivity contribution is 0.0954. The largest absolute Gasteiger partial charge is 0.503 e. The summed E-state index contributed by atoms with van der Waals surface area (Å²) >= 11 is 3.24. The van der Waals surface area contributed by atoms with Crippen LogP contribution < -0.4 is 15.5 Å². The summed E-state index contributed by atoms with van der Waals surface area (Å²) in [6.45, 7) is 6.36. The lowest BCUT2D eigenvalue weighted by atomic mass is 9.87. The first-order valence-corrected chi connectivity index (χ1v) is 11.3. The van der Waals surface area contributed by atoms with Crippen LogP contribution >= 0.6 is 15.9 Å². The van der Waals surface area contributed by atoms with E-state index in [0.29, 0.717) is 26.9 Å². The Morgan fingerprint density at radius 3 is 2.15 bits per heavy atom. The fourth-order valence-electron chi connectivity index (χ4n) is 3.08. The van der Waals surface area contributed by atoms with E-state index in [4.69, 9.17) is 4.74 Å². The topological polar surface area (TPSA) is 100 Å². The van der Waals surface area contributed by atoms with Gasteiger partial charge in [0.05, 0.1) is 17.8 Å². The molecule has 3 rings (SSSR count). The standard InChI is InChI=1S/C26H26BrN3O4/c1-26(2,3)19-9-5-17(6-10-19)24(32)29-20-11-7-18(8-12-20)25(33)30-28-15-16-13-21(27)23(31)22(14-16)34-4/h5-15,31H,1-4H3,(H,29,32)(H,30,33)/b28-15+. The van der Waals surface area contributed by atoms with E-state index in [1.165, 1.54) is 13.3 Å². The Bertz CT molecular complexity index is 1210. The maximum atomic E-state index is 12.5. The van der Waals surface area contributed by atoms with Crippen molar-refractivity contribution in [2.75, 3.05) is 12.4 Å². The van der Waals surface area contributed by atoms with Crippen LogP contribution in [0.4, 0.5) is 5.69 Å². The molecule has 0 unspecified atom stereocenters. The zero-order valence-corrected chi connectivity index (χ0v) is 20.9. The molecule has 0 aliphatic heterocycles. The molecule has 0 atom stereocenters. The van der Waals surface area contributed by atoms with Crippen LogP contribution in [0.3, 0.4) is 0 Å². The first-order valence-electron chi connectivity index (χ1n) is 10.5. The van der Waals surface area contributed by atoms with Gasteiger partial charge in [-0.1, -0.05) is 32.9 Å². The van der Waals surface area contributed by atoms with E-state index in [1.807, 2.05) is 12.1 Å². The first-order chi connectivity index (χ1) is 16.1. The van der Waals surface area contributed by atoms with Crippen molar-refractivity contribution in [2.45, 2.75) is 26.2 Å². The van der Waals surface area contributed by atoms with Crippen LogP contribution in [-0.2, 0) is 5.41 Å². The second kappa shape index (κ2) is 10.5. The number of hydrogen-bond donors (Lipinski definition) is 3. The maximum absolute atomic E-state index is 12.5. The number of carbonyl (C=O) groups excluding carboxylic acids is 2. The Morgan fingerprint density at radius 2 is 1.56 bits per heavy atom. The van der Waals surface area contributed by atoms with Gasteiger partial charge in [-0.3, -0.25) is 9.59 Å². The Hall–Kier alpha value is -3.65. The minimum absolute atomic E-state index is 0.0159. The van der Waals surface area contributed by atoms with Crippen LogP contribution in [0.1, 0.15) is 52.6 Å². The number of phenols is 1. The van der Waals surface area contributed by atoms with Crippen LogP contribution in [0.25, 0.3) is 0 Å². The highest BCUT2D eigenvalue weighted by Crippen LogP contribution is 2.34.